The van der Waals surface area contributed by atoms with Crippen LogP contribution in [0.25, 0.3) is 11.2 Å². The molecule has 1 aliphatic rings. The van der Waals surface area contributed by atoms with Gasteiger partial charge < -0.3 is 10.6 Å². The van der Waals surface area contributed by atoms with Gasteiger partial charge in [0.1, 0.15) is 5.82 Å². The van der Waals surface area contributed by atoms with Crippen LogP contribution in [0.2, 0.25) is 0 Å². The van der Waals surface area contributed by atoms with E-state index in [-0.39, 0.29) is 11.6 Å². The summed E-state index contributed by atoms with van der Waals surface area (Å²) in [7, 11) is 1.75. The van der Waals surface area contributed by atoms with Crippen molar-refractivity contribution in [2.24, 2.45) is 12.8 Å². The largest absolute Gasteiger partial charge is 0.341 e. The van der Waals surface area contributed by atoms with Gasteiger partial charge in [-0.05, 0) is 25.3 Å². The lowest BCUT2D eigenvalue weighted by Crippen LogP contribution is -2.44. The lowest BCUT2D eigenvalue weighted by Gasteiger charge is -2.31. The highest BCUT2D eigenvalue weighted by atomic mass is 16.1. The summed E-state index contributed by atoms with van der Waals surface area (Å²) in [4.78, 5) is 24.4. The van der Waals surface area contributed by atoms with Crippen molar-refractivity contribution in [1.82, 2.24) is 19.1 Å². The van der Waals surface area contributed by atoms with Crippen molar-refractivity contribution >= 4 is 17.1 Å². The molecule has 136 valence electrons. The molecule has 3 aromatic rings. The van der Waals surface area contributed by atoms with E-state index in [0.717, 1.165) is 37.4 Å². The summed E-state index contributed by atoms with van der Waals surface area (Å²) in [6, 6.07) is 10.3. The van der Waals surface area contributed by atoms with Gasteiger partial charge in [-0.2, -0.15) is 4.98 Å². The Labute approximate surface area is 152 Å². The molecule has 4 rings (SSSR count). The van der Waals surface area contributed by atoms with Crippen molar-refractivity contribution in [2.75, 3.05) is 18.0 Å². The number of benzene rings is 1. The number of hydrogen-bond donors (Lipinski definition) is 1. The molecule has 1 aliphatic heterocycles. The monoisotopic (exact) mass is 352 g/mol. The van der Waals surface area contributed by atoms with Crippen molar-refractivity contribution in [3.8, 4) is 0 Å². The number of piperidine rings is 1. The topological polar surface area (TPSA) is 82.0 Å². The van der Waals surface area contributed by atoms with E-state index < -0.39 is 0 Å². The van der Waals surface area contributed by atoms with E-state index in [1.165, 1.54) is 0 Å². The molecule has 0 amide bonds. The standard InChI is InChI=1S/C19H24N6O/c1-13-21-17-16(18(26)23(13)2)25(11-14-7-4-3-5-8-14)19(22-17)24-10-6-9-15(20)12-24/h3-5,7-8,15H,6,9-12,20H2,1-2H3. The average Bonchev–Trinajstić information content (AvgIpc) is 2.99. The minimum absolute atomic E-state index is 0.0662. The Balaban J connectivity index is 1.90. The van der Waals surface area contributed by atoms with Crippen LogP contribution in [-0.4, -0.2) is 38.2 Å². The highest BCUT2D eigenvalue weighted by Gasteiger charge is 2.25. The molecule has 0 aliphatic carbocycles. The van der Waals surface area contributed by atoms with E-state index in [1.807, 2.05) is 29.7 Å². The predicted molar refractivity (Wildman–Crippen MR) is 102 cm³/mol. The average molecular weight is 352 g/mol. The number of nitrogens with zero attached hydrogens (tertiary/aromatic N) is 5. The van der Waals surface area contributed by atoms with E-state index in [4.69, 9.17) is 10.7 Å². The second-order valence-electron chi connectivity index (χ2n) is 7.03. The Kier molecular flexibility index (Phi) is 4.24. The van der Waals surface area contributed by atoms with Crippen LogP contribution in [0.1, 0.15) is 24.2 Å². The van der Waals surface area contributed by atoms with Gasteiger partial charge >= 0.3 is 0 Å². The van der Waals surface area contributed by atoms with Crippen molar-refractivity contribution in [2.45, 2.75) is 32.4 Å². The van der Waals surface area contributed by atoms with Gasteiger partial charge in [-0.1, -0.05) is 30.3 Å². The van der Waals surface area contributed by atoms with Gasteiger partial charge in [-0.3, -0.25) is 13.9 Å². The zero-order valence-electron chi connectivity index (χ0n) is 15.2. The van der Waals surface area contributed by atoms with Crippen LogP contribution in [0, 0.1) is 6.92 Å². The first-order valence-corrected chi connectivity index (χ1v) is 9.03. The fourth-order valence-corrected chi connectivity index (χ4v) is 3.60. The molecule has 2 N–H and O–H groups in total. The number of rotatable bonds is 3. The van der Waals surface area contributed by atoms with E-state index >= 15 is 0 Å². The van der Waals surface area contributed by atoms with Gasteiger partial charge in [0.2, 0.25) is 5.95 Å². The molecule has 0 saturated carbocycles. The van der Waals surface area contributed by atoms with Crippen molar-refractivity contribution in [3.63, 3.8) is 0 Å². The molecule has 2 aromatic heterocycles. The fourth-order valence-electron chi connectivity index (χ4n) is 3.60. The molecule has 1 saturated heterocycles. The van der Waals surface area contributed by atoms with E-state index in [1.54, 1.807) is 11.6 Å². The zero-order valence-corrected chi connectivity index (χ0v) is 15.2. The SMILES string of the molecule is Cc1nc2nc(N3CCCC(N)C3)n(Cc3ccccc3)c2c(=O)n1C. The first-order chi connectivity index (χ1) is 12.5. The summed E-state index contributed by atoms with van der Waals surface area (Å²) in [6.45, 7) is 4.05. The van der Waals surface area contributed by atoms with Crippen molar-refractivity contribution < 1.29 is 0 Å². The second-order valence-corrected chi connectivity index (χ2v) is 7.03. The number of aryl methyl sites for hydroxylation is 1. The number of fused-ring (bicyclic) bond motifs is 1. The van der Waals surface area contributed by atoms with Crippen LogP contribution in [0.3, 0.4) is 0 Å². The minimum atomic E-state index is -0.0662. The molecule has 26 heavy (non-hydrogen) atoms. The minimum Gasteiger partial charge on any atom is -0.341 e. The van der Waals surface area contributed by atoms with Gasteiger partial charge in [0.25, 0.3) is 5.56 Å². The smallest absolute Gasteiger partial charge is 0.279 e. The second kappa shape index (κ2) is 6.57. The first-order valence-electron chi connectivity index (χ1n) is 9.03. The van der Waals surface area contributed by atoms with E-state index in [9.17, 15) is 4.79 Å². The van der Waals surface area contributed by atoms with Gasteiger partial charge in [-0.15, -0.1) is 0 Å². The van der Waals surface area contributed by atoms with Crippen LogP contribution >= 0.6 is 0 Å². The predicted octanol–water partition coefficient (Wildman–Crippen LogP) is 1.41. The number of anilines is 1. The normalized spacial score (nSPS) is 17.8. The van der Waals surface area contributed by atoms with Crippen LogP contribution in [0.5, 0.6) is 0 Å². The fraction of sp³-hybridized carbons (Fsp3) is 0.421. The van der Waals surface area contributed by atoms with Crippen molar-refractivity contribution in [3.05, 3.63) is 52.1 Å². The Morgan fingerprint density at radius 2 is 2.00 bits per heavy atom. The molecule has 7 heteroatoms. The zero-order chi connectivity index (χ0) is 18.3. The summed E-state index contributed by atoms with van der Waals surface area (Å²) >= 11 is 0. The summed E-state index contributed by atoms with van der Waals surface area (Å²) in [5.41, 5.74) is 8.30. The molecular weight excluding hydrogens is 328 g/mol. The molecule has 3 heterocycles. The maximum atomic E-state index is 12.9. The third kappa shape index (κ3) is 2.88. The first kappa shape index (κ1) is 16.8. The number of nitrogens with two attached hydrogens (primary N) is 1. The summed E-state index contributed by atoms with van der Waals surface area (Å²) < 4.78 is 3.58. The van der Waals surface area contributed by atoms with Gasteiger partial charge in [0, 0.05) is 26.2 Å². The maximum absolute atomic E-state index is 12.9. The molecule has 7 nitrogen and oxygen atoms in total. The Morgan fingerprint density at radius 1 is 1.23 bits per heavy atom. The molecule has 1 aromatic carbocycles. The summed E-state index contributed by atoms with van der Waals surface area (Å²) in [6.07, 6.45) is 2.05. The lowest BCUT2D eigenvalue weighted by atomic mass is 10.1. The molecule has 0 spiro atoms. The number of imidazole rings is 1. The Bertz CT molecular complexity index is 991. The highest BCUT2D eigenvalue weighted by molar-refractivity contribution is 5.74. The van der Waals surface area contributed by atoms with Crippen LogP contribution in [0.15, 0.2) is 35.1 Å². The summed E-state index contributed by atoms with van der Waals surface area (Å²) in [5, 5.41) is 0. The number of aromatic nitrogens is 4. The van der Waals surface area contributed by atoms with Crippen molar-refractivity contribution in [1.29, 1.82) is 0 Å². The van der Waals surface area contributed by atoms with Gasteiger partial charge in [-0.25, -0.2) is 4.98 Å². The highest BCUT2D eigenvalue weighted by Crippen LogP contribution is 2.24. The van der Waals surface area contributed by atoms with Crippen LogP contribution in [-0.2, 0) is 13.6 Å². The molecule has 1 fully saturated rings. The van der Waals surface area contributed by atoms with Gasteiger partial charge in [0.05, 0.1) is 6.54 Å². The van der Waals surface area contributed by atoms with E-state index in [0.29, 0.717) is 23.5 Å². The third-order valence-corrected chi connectivity index (χ3v) is 5.11. The van der Waals surface area contributed by atoms with Crippen LogP contribution in [0.4, 0.5) is 5.95 Å². The maximum Gasteiger partial charge on any atom is 0.279 e. The molecule has 0 bridgehead atoms. The molecule has 1 unspecified atom stereocenters. The molecule has 0 radical (unpaired) electrons. The quantitative estimate of drug-likeness (QED) is 0.771. The molecule has 1 atom stereocenters. The molecular formula is C19H24N6O. The third-order valence-electron chi connectivity index (χ3n) is 5.11. The Hall–Kier alpha value is -2.67. The van der Waals surface area contributed by atoms with Crippen LogP contribution < -0.4 is 16.2 Å². The number of hydrogen-bond acceptors (Lipinski definition) is 5. The Morgan fingerprint density at radius 3 is 2.73 bits per heavy atom. The van der Waals surface area contributed by atoms with E-state index in [2.05, 4.69) is 22.0 Å². The summed E-state index contributed by atoms with van der Waals surface area (Å²) in [5.74, 6) is 1.45. The van der Waals surface area contributed by atoms with Gasteiger partial charge in [0.15, 0.2) is 11.2 Å². The lowest BCUT2D eigenvalue weighted by molar-refractivity contribution is 0.495.